The predicted octanol–water partition coefficient (Wildman–Crippen LogP) is 1.42. The summed E-state index contributed by atoms with van der Waals surface area (Å²) in [5.74, 6) is -0.179. The average molecular weight is 301 g/mol. The molecular formula is C16H19N3O3. The van der Waals surface area contributed by atoms with Gasteiger partial charge >= 0.3 is 0 Å². The van der Waals surface area contributed by atoms with E-state index in [9.17, 15) is 9.59 Å². The summed E-state index contributed by atoms with van der Waals surface area (Å²) in [5.41, 5.74) is 1.13. The van der Waals surface area contributed by atoms with Gasteiger partial charge in [-0.25, -0.2) is 5.01 Å². The number of para-hydroxylation sites is 1. The third-order valence-electron chi connectivity index (χ3n) is 3.91. The number of hydrogen-bond acceptors (Lipinski definition) is 4. The fourth-order valence-electron chi connectivity index (χ4n) is 2.67. The monoisotopic (exact) mass is 301 g/mol. The molecule has 0 bridgehead atoms. The number of nitrogens with zero attached hydrogens (tertiary/aromatic N) is 3. The first-order valence-electron chi connectivity index (χ1n) is 7.51. The first-order chi connectivity index (χ1) is 10.7. The Morgan fingerprint density at radius 1 is 1.27 bits per heavy atom. The van der Waals surface area contributed by atoms with Gasteiger partial charge in [-0.05, 0) is 19.1 Å². The maximum Gasteiger partial charge on any atom is 0.270 e. The largest absolute Gasteiger partial charge is 0.377 e. The highest BCUT2D eigenvalue weighted by Gasteiger charge is 2.31. The van der Waals surface area contributed by atoms with Crippen molar-refractivity contribution in [3.05, 3.63) is 30.3 Å². The van der Waals surface area contributed by atoms with Gasteiger partial charge in [0.05, 0.1) is 24.9 Å². The van der Waals surface area contributed by atoms with Gasteiger partial charge in [0.15, 0.2) is 0 Å². The lowest BCUT2D eigenvalue weighted by Crippen LogP contribution is -2.51. The van der Waals surface area contributed by atoms with E-state index in [4.69, 9.17) is 4.74 Å². The Bertz CT molecular complexity index is 600. The van der Waals surface area contributed by atoms with E-state index in [1.165, 1.54) is 5.01 Å². The molecule has 6 heteroatoms. The first kappa shape index (κ1) is 14.7. The Labute approximate surface area is 129 Å². The molecule has 116 valence electrons. The van der Waals surface area contributed by atoms with E-state index in [1.54, 1.807) is 4.90 Å². The summed E-state index contributed by atoms with van der Waals surface area (Å²) in [6.07, 6.45) is 0.698. The van der Waals surface area contributed by atoms with E-state index in [2.05, 4.69) is 5.10 Å². The van der Waals surface area contributed by atoms with Crippen LogP contribution in [-0.2, 0) is 14.3 Å². The summed E-state index contributed by atoms with van der Waals surface area (Å²) < 4.78 is 5.36. The molecule has 1 aromatic carbocycles. The van der Waals surface area contributed by atoms with Crippen molar-refractivity contribution in [2.75, 3.05) is 24.8 Å². The van der Waals surface area contributed by atoms with Gasteiger partial charge < -0.3 is 9.64 Å². The van der Waals surface area contributed by atoms with Gasteiger partial charge in [-0.3, -0.25) is 9.59 Å². The predicted molar refractivity (Wildman–Crippen MR) is 82.6 cm³/mol. The number of hydrazone groups is 1. The number of carbonyl (C=O) groups is 2. The van der Waals surface area contributed by atoms with Crippen LogP contribution in [0.4, 0.5) is 5.69 Å². The molecule has 2 aliphatic heterocycles. The summed E-state index contributed by atoms with van der Waals surface area (Å²) in [6.45, 7) is 3.61. The fourth-order valence-corrected chi connectivity index (χ4v) is 2.67. The van der Waals surface area contributed by atoms with Gasteiger partial charge in [0.2, 0.25) is 5.91 Å². The van der Waals surface area contributed by atoms with Crippen LogP contribution in [0.25, 0.3) is 0 Å². The van der Waals surface area contributed by atoms with Gasteiger partial charge in [0, 0.05) is 19.4 Å². The molecule has 1 saturated heterocycles. The second-order valence-corrected chi connectivity index (χ2v) is 5.51. The number of benzene rings is 1. The number of amides is 2. The molecule has 0 N–H and O–H groups in total. The minimum Gasteiger partial charge on any atom is -0.377 e. The Kier molecular flexibility index (Phi) is 4.20. The topological polar surface area (TPSA) is 62.2 Å². The molecule has 22 heavy (non-hydrogen) atoms. The van der Waals surface area contributed by atoms with E-state index in [0.29, 0.717) is 44.0 Å². The second-order valence-electron chi connectivity index (χ2n) is 5.51. The smallest absolute Gasteiger partial charge is 0.270 e. The van der Waals surface area contributed by atoms with Gasteiger partial charge in [-0.2, -0.15) is 5.10 Å². The third kappa shape index (κ3) is 2.87. The van der Waals surface area contributed by atoms with E-state index in [1.807, 2.05) is 37.3 Å². The quantitative estimate of drug-likeness (QED) is 0.830. The molecule has 2 heterocycles. The van der Waals surface area contributed by atoms with Crippen molar-refractivity contribution < 1.29 is 14.3 Å². The maximum atomic E-state index is 12.6. The third-order valence-corrected chi connectivity index (χ3v) is 3.91. The summed E-state index contributed by atoms with van der Waals surface area (Å²) in [6, 6.07) is 9.23. The number of morpholine rings is 1. The zero-order valence-electron chi connectivity index (χ0n) is 12.6. The Hall–Kier alpha value is -2.21. The molecule has 6 nitrogen and oxygen atoms in total. The van der Waals surface area contributed by atoms with E-state index < -0.39 is 0 Å². The van der Waals surface area contributed by atoms with Gasteiger partial charge in [0.1, 0.15) is 5.71 Å². The normalized spacial score (nSPS) is 22.5. The summed E-state index contributed by atoms with van der Waals surface area (Å²) in [4.78, 5) is 26.5. The van der Waals surface area contributed by atoms with E-state index in [0.717, 1.165) is 0 Å². The van der Waals surface area contributed by atoms with Crippen LogP contribution in [0.5, 0.6) is 0 Å². The molecule has 1 unspecified atom stereocenters. The van der Waals surface area contributed by atoms with Crippen LogP contribution in [0.15, 0.2) is 35.4 Å². The zero-order valence-corrected chi connectivity index (χ0v) is 12.6. The van der Waals surface area contributed by atoms with Crippen LogP contribution < -0.4 is 5.01 Å². The molecule has 0 aliphatic carbocycles. The van der Waals surface area contributed by atoms with Gasteiger partial charge in [-0.15, -0.1) is 0 Å². The lowest BCUT2D eigenvalue weighted by atomic mass is 10.1. The second kappa shape index (κ2) is 6.27. The van der Waals surface area contributed by atoms with Crippen LogP contribution in [0.1, 0.15) is 19.8 Å². The highest BCUT2D eigenvalue weighted by Crippen LogP contribution is 2.21. The van der Waals surface area contributed by atoms with E-state index >= 15 is 0 Å². The molecule has 2 aliphatic rings. The van der Waals surface area contributed by atoms with Crippen LogP contribution in [0.2, 0.25) is 0 Å². The number of hydrogen-bond donors (Lipinski definition) is 0. The molecule has 1 aromatic rings. The number of ether oxygens (including phenoxy) is 1. The summed E-state index contributed by atoms with van der Waals surface area (Å²) in [5, 5.41) is 5.65. The molecule has 0 spiro atoms. The molecule has 0 radical (unpaired) electrons. The summed E-state index contributed by atoms with van der Waals surface area (Å²) in [7, 11) is 0. The number of rotatable bonds is 2. The molecule has 1 fully saturated rings. The highest BCUT2D eigenvalue weighted by molar-refractivity contribution is 6.40. The average Bonchev–Trinajstić information content (AvgIpc) is 2.56. The Morgan fingerprint density at radius 3 is 2.77 bits per heavy atom. The van der Waals surface area contributed by atoms with Crippen LogP contribution >= 0.6 is 0 Å². The minimum absolute atomic E-state index is 0.0340. The van der Waals surface area contributed by atoms with Crippen molar-refractivity contribution in [2.24, 2.45) is 5.10 Å². The molecule has 2 amide bonds. The lowest BCUT2D eigenvalue weighted by Gasteiger charge is -2.34. The van der Waals surface area contributed by atoms with Crippen molar-refractivity contribution >= 4 is 23.2 Å². The summed E-state index contributed by atoms with van der Waals surface area (Å²) >= 11 is 0. The number of carbonyl (C=O) groups excluding carboxylic acids is 2. The Morgan fingerprint density at radius 2 is 2.05 bits per heavy atom. The highest BCUT2D eigenvalue weighted by atomic mass is 16.5. The van der Waals surface area contributed by atoms with Crippen LogP contribution in [0.3, 0.4) is 0 Å². The van der Waals surface area contributed by atoms with Crippen molar-refractivity contribution in [1.82, 2.24) is 4.90 Å². The van der Waals surface area contributed by atoms with Crippen LogP contribution in [0, 0.1) is 0 Å². The molecular weight excluding hydrogens is 282 g/mol. The minimum atomic E-state index is -0.0933. The molecule has 3 rings (SSSR count). The van der Waals surface area contributed by atoms with Crippen molar-refractivity contribution in [3.63, 3.8) is 0 Å². The first-order valence-corrected chi connectivity index (χ1v) is 7.51. The van der Waals surface area contributed by atoms with Gasteiger partial charge in [0.25, 0.3) is 5.91 Å². The molecule has 0 saturated carbocycles. The van der Waals surface area contributed by atoms with Crippen LogP contribution in [-0.4, -0.2) is 48.2 Å². The van der Waals surface area contributed by atoms with E-state index in [-0.39, 0.29) is 17.9 Å². The van der Waals surface area contributed by atoms with Crippen molar-refractivity contribution in [1.29, 1.82) is 0 Å². The molecule has 0 aromatic heterocycles. The standard InChI is InChI=1S/C16H19N3O3/c1-12-11-22-10-9-18(12)16(21)14-7-8-15(20)19(17-14)13-5-3-2-4-6-13/h2-6,12H,7-11H2,1H3. The SMILES string of the molecule is CC1COCCN1C(=O)C1=NN(c2ccccc2)C(=O)CC1. The Balaban J connectivity index is 1.84. The molecule has 1 atom stereocenters. The zero-order chi connectivity index (χ0) is 15.5. The van der Waals surface area contributed by atoms with Crippen molar-refractivity contribution in [3.8, 4) is 0 Å². The fraction of sp³-hybridized carbons (Fsp3) is 0.438. The number of anilines is 1. The lowest BCUT2D eigenvalue weighted by molar-refractivity contribution is -0.131. The van der Waals surface area contributed by atoms with Crippen molar-refractivity contribution in [2.45, 2.75) is 25.8 Å². The maximum absolute atomic E-state index is 12.6. The van der Waals surface area contributed by atoms with Gasteiger partial charge in [-0.1, -0.05) is 18.2 Å².